The second-order valence-electron chi connectivity index (χ2n) is 3.74. The van der Waals surface area contributed by atoms with E-state index in [4.69, 9.17) is 4.74 Å². The zero-order valence-electron chi connectivity index (χ0n) is 9.37. The van der Waals surface area contributed by atoms with Gasteiger partial charge in [-0.3, -0.25) is 9.59 Å². The molecule has 0 saturated carbocycles. The minimum Gasteiger partial charge on any atom is -0.452 e. The molecule has 0 aliphatic heterocycles. The Kier molecular flexibility index (Phi) is 3.82. The van der Waals surface area contributed by atoms with E-state index in [-0.39, 0.29) is 26.3 Å². The number of rotatable bonds is 2. The SMILES string of the molecule is Cc1ccc(OC2=C(Br)C(=O)C=C(Br)C2=O)cc1. The van der Waals surface area contributed by atoms with Crippen LogP contribution in [0.3, 0.4) is 0 Å². The summed E-state index contributed by atoms with van der Waals surface area (Å²) in [6.45, 7) is 1.95. The van der Waals surface area contributed by atoms with Gasteiger partial charge in [-0.15, -0.1) is 0 Å². The van der Waals surface area contributed by atoms with E-state index in [9.17, 15) is 9.59 Å². The number of allylic oxidation sites excluding steroid dienone is 3. The number of carbonyl (C=O) groups excluding carboxylic acids is 2. The first kappa shape index (κ1) is 13.2. The highest BCUT2D eigenvalue weighted by Gasteiger charge is 2.28. The minimum absolute atomic E-state index is 0.00164. The molecule has 18 heavy (non-hydrogen) atoms. The number of ketones is 2. The molecule has 0 amide bonds. The van der Waals surface area contributed by atoms with E-state index < -0.39 is 0 Å². The van der Waals surface area contributed by atoms with Gasteiger partial charge in [-0.05, 0) is 50.9 Å². The molecule has 0 saturated heterocycles. The first-order chi connectivity index (χ1) is 8.49. The van der Waals surface area contributed by atoms with Crippen LogP contribution in [0.4, 0.5) is 0 Å². The molecule has 1 aliphatic rings. The molecule has 0 fully saturated rings. The molecule has 0 bridgehead atoms. The Morgan fingerprint density at radius 3 is 2.28 bits per heavy atom. The predicted octanol–water partition coefficient (Wildman–Crippen LogP) is 3.41. The third-order valence-electron chi connectivity index (χ3n) is 2.34. The Hall–Kier alpha value is -1.20. The van der Waals surface area contributed by atoms with Gasteiger partial charge in [-0.2, -0.15) is 0 Å². The fraction of sp³-hybridized carbons (Fsp3) is 0.0769. The molecule has 0 radical (unpaired) electrons. The average molecular weight is 372 g/mol. The zero-order valence-corrected chi connectivity index (χ0v) is 12.5. The second kappa shape index (κ2) is 5.20. The summed E-state index contributed by atoms with van der Waals surface area (Å²) < 4.78 is 5.80. The van der Waals surface area contributed by atoms with Crippen molar-refractivity contribution in [3.8, 4) is 5.75 Å². The fourth-order valence-corrected chi connectivity index (χ4v) is 2.14. The molecule has 0 heterocycles. The van der Waals surface area contributed by atoms with Crippen molar-refractivity contribution in [2.75, 3.05) is 0 Å². The smallest absolute Gasteiger partial charge is 0.236 e. The van der Waals surface area contributed by atoms with Gasteiger partial charge in [0.2, 0.25) is 5.78 Å². The van der Waals surface area contributed by atoms with Crippen LogP contribution in [0.2, 0.25) is 0 Å². The summed E-state index contributed by atoms with van der Waals surface area (Å²) in [7, 11) is 0. The minimum atomic E-state index is -0.359. The van der Waals surface area contributed by atoms with Crippen molar-refractivity contribution in [1.29, 1.82) is 0 Å². The Bertz CT molecular complexity index is 583. The molecule has 0 spiro atoms. The fourth-order valence-electron chi connectivity index (χ4n) is 1.38. The number of hydrogen-bond donors (Lipinski definition) is 0. The van der Waals surface area contributed by atoms with Gasteiger partial charge in [0, 0.05) is 6.08 Å². The van der Waals surface area contributed by atoms with Crippen LogP contribution in [0.15, 0.2) is 45.1 Å². The first-order valence-corrected chi connectivity index (χ1v) is 6.68. The molecule has 5 heteroatoms. The molecule has 0 unspecified atom stereocenters. The van der Waals surface area contributed by atoms with E-state index in [1.807, 2.05) is 19.1 Å². The van der Waals surface area contributed by atoms with Crippen molar-refractivity contribution in [3.05, 3.63) is 50.6 Å². The Morgan fingerprint density at radius 2 is 1.67 bits per heavy atom. The summed E-state index contributed by atoms with van der Waals surface area (Å²) in [5.41, 5.74) is 1.09. The lowest BCUT2D eigenvalue weighted by molar-refractivity contribution is -0.116. The van der Waals surface area contributed by atoms with E-state index in [0.717, 1.165) is 5.56 Å². The van der Waals surface area contributed by atoms with Crippen molar-refractivity contribution >= 4 is 43.4 Å². The van der Waals surface area contributed by atoms with E-state index in [2.05, 4.69) is 31.9 Å². The summed E-state index contributed by atoms with van der Waals surface area (Å²) >= 11 is 6.12. The van der Waals surface area contributed by atoms with Crippen LogP contribution in [0, 0.1) is 6.92 Å². The molecule has 1 aliphatic carbocycles. The van der Waals surface area contributed by atoms with Gasteiger partial charge in [-0.1, -0.05) is 17.7 Å². The van der Waals surface area contributed by atoms with Gasteiger partial charge in [0.25, 0.3) is 0 Å². The standard InChI is InChI=1S/C13H8Br2O3/c1-7-2-4-8(5-3-7)18-13-11(15)10(16)6-9(14)12(13)17/h2-6H,1H3. The van der Waals surface area contributed by atoms with E-state index >= 15 is 0 Å². The third kappa shape index (κ3) is 2.62. The summed E-state index contributed by atoms with van der Waals surface area (Å²) in [6.07, 6.45) is 1.22. The van der Waals surface area contributed by atoms with E-state index in [0.29, 0.717) is 5.75 Å². The van der Waals surface area contributed by atoms with Crippen LogP contribution in [-0.2, 0) is 9.59 Å². The number of benzene rings is 1. The highest BCUT2D eigenvalue weighted by atomic mass is 79.9. The maximum absolute atomic E-state index is 11.9. The molecule has 3 nitrogen and oxygen atoms in total. The molecular formula is C13H8Br2O3. The number of carbonyl (C=O) groups is 2. The third-order valence-corrected chi connectivity index (χ3v) is 3.68. The van der Waals surface area contributed by atoms with Gasteiger partial charge < -0.3 is 4.74 Å². The van der Waals surface area contributed by atoms with Crippen LogP contribution >= 0.6 is 31.9 Å². The van der Waals surface area contributed by atoms with Gasteiger partial charge in [0.1, 0.15) is 10.2 Å². The molecule has 0 N–H and O–H groups in total. The van der Waals surface area contributed by atoms with Crippen LogP contribution in [-0.4, -0.2) is 11.6 Å². The van der Waals surface area contributed by atoms with Gasteiger partial charge >= 0.3 is 0 Å². The number of hydrogen-bond acceptors (Lipinski definition) is 3. The molecule has 1 aromatic carbocycles. The maximum atomic E-state index is 11.9. The number of halogens is 2. The first-order valence-electron chi connectivity index (χ1n) is 5.09. The topological polar surface area (TPSA) is 43.4 Å². The van der Waals surface area contributed by atoms with Crippen molar-refractivity contribution < 1.29 is 14.3 Å². The van der Waals surface area contributed by atoms with E-state index in [1.54, 1.807) is 12.1 Å². The highest BCUT2D eigenvalue weighted by Crippen LogP contribution is 2.28. The molecule has 2 rings (SSSR count). The van der Waals surface area contributed by atoms with Crippen molar-refractivity contribution in [2.45, 2.75) is 6.92 Å². The van der Waals surface area contributed by atoms with Crippen LogP contribution in [0.25, 0.3) is 0 Å². The van der Waals surface area contributed by atoms with Crippen molar-refractivity contribution in [2.24, 2.45) is 0 Å². The highest BCUT2D eigenvalue weighted by molar-refractivity contribution is 9.12. The lowest BCUT2D eigenvalue weighted by Crippen LogP contribution is -2.18. The normalized spacial score (nSPS) is 15.8. The van der Waals surface area contributed by atoms with Crippen LogP contribution in [0.1, 0.15) is 5.56 Å². The lowest BCUT2D eigenvalue weighted by atomic mass is 10.1. The van der Waals surface area contributed by atoms with E-state index in [1.165, 1.54) is 6.08 Å². The Morgan fingerprint density at radius 1 is 1.06 bits per heavy atom. The summed E-state index contributed by atoms with van der Waals surface area (Å²) in [4.78, 5) is 23.4. The van der Waals surface area contributed by atoms with Gasteiger partial charge in [0.15, 0.2) is 11.5 Å². The second-order valence-corrected chi connectivity index (χ2v) is 5.39. The summed E-state index contributed by atoms with van der Waals surface area (Å²) in [5.74, 6) is -0.153. The maximum Gasteiger partial charge on any atom is 0.236 e. The summed E-state index contributed by atoms with van der Waals surface area (Å²) in [6, 6.07) is 7.22. The van der Waals surface area contributed by atoms with Gasteiger partial charge in [0.05, 0.1) is 4.48 Å². The average Bonchev–Trinajstić information content (AvgIpc) is 2.34. The Labute approximate surface area is 121 Å². The molecule has 0 atom stereocenters. The lowest BCUT2D eigenvalue weighted by Gasteiger charge is -2.13. The monoisotopic (exact) mass is 370 g/mol. The Balaban J connectivity index is 2.33. The molecule has 92 valence electrons. The molecular weight excluding hydrogens is 364 g/mol. The number of ether oxygens (including phenoxy) is 1. The van der Waals surface area contributed by atoms with Gasteiger partial charge in [-0.25, -0.2) is 0 Å². The predicted molar refractivity (Wildman–Crippen MR) is 74.8 cm³/mol. The zero-order chi connectivity index (χ0) is 13.3. The van der Waals surface area contributed by atoms with Crippen LogP contribution in [0.5, 0.6) is 5.75 Å². The molecule has 0 aromatic heterocycles. The largest absolute Gasteiger partial charge is 0.452 e. The molecule has 1 aromatic rings. The summed E-state index contributed by atoms with van der Waals surface area (Å²) in [5, 5.41) is 0. The van der Waals surface area contributed by atoms with Crippen molar-refractivity contribution in [3.63, 3.8) is 0 Å². The van der Waals surface area contributed by atoms with Crippen LogP contribution < -0.4 is 4.74 Å². The number of Topliss-reactive ketones (excluding diaryl/α,β-unsaturated/α-hetero) is 1. The number of aryl methyl sites for hydroxylation is 1. The van der Waals surface area contributed by atoms with Crippen molar-refractivity contribution in [1.82, 2.24) is 0 Å². The quantitative estimate of drug-likeness (QED) is 0.748.